The fourth-order valence-corrected chi connectivity index (χ4v) is 5.05. The van der Waals surface area contributed by atoms with E-state index in [0.717, 1.165) is 49.4 Å². The van der Waals surface area contributed by atoms with Gasteiger partial charge in [-0.1, -0.05) is 31.2 Å². The highest BCUT2D eigenvalue weighted by Gasteiger charge is 2.30. The highest BCUT2D eigenvalue weighted by molar-refractivity contribution is 7.80. The highest BCUT2D eigenvalue weighted by Crippen LogP contribution is 2.36. The zero-order chi connectivity index (χ0) is 23.8. The molecule has 0 amide bonds. The van der Waals surface area contributed by atoms with Gasteiger partial charge in [0, 0.05) is 42.0 Å². The number of alkyl halides is 3. The van der Waals surface area contributed by atoms with Crippen LogP contribution in [0.2, 0.25) is 0 Å². The molecule has 176 valence electrons. The minimum Gasteiger partial charge on any atom is -0.347 e. The molecule has 0 N–H and O–H groups in total. The number of fused-ring (bicyclic) bond motifs is 1. The summed E-state index contributed by atoms with van der Waals surface area (Å²) in [7, 11) is 1.99. The summed E-state index contributed by atoms with van der Waals surface area (Å²) in [5.74, 6) is -0.233. The van der Waals surface area contributed by atoms with E-state index < -0.39 is 11.7 Å². The highest BCUT2D eigenvalue weighted by atomic mass is 32.1. The number of hydrogen-bond donors (Lipinski definition) is 1. The van der Waals surface area contributed by atoms with E-state index in [-0.39, 0.29) is 11.1 Å². The fourth-order valence-electron chi connectivity index (χ4n) is 4.77. The molecule has 7 heteroatoms. The van der Waals surface area contributed by atoms with E-state index in [1.807, 2.05) is 13.1 Å². The van der Waals surface area contributed by atoms with Crippen LogP contribution in [0.15, 0.2) is 48.5 Å². The number of aryl methyl sites for hydroxylation is 1. The zero-order valence-corrected chi connectivity index (χ0v) is 19.7. The van der Waals surface area contributed by atoms with Crippen LogP contribution in [0.1, 0.15) is 47.4 Å². The van der Waals surface area contributed by atoms with E-state index in [0.29, 0.717) is 12.0 Å². The first-order chi connectivity index (χ1) is 15.7. The Hall–Kier alpha value is -2.25. The Morgan fingerprint density at radius 1 is 1.12 bits per heavy atom. The molecule has 4 rings (SSSR count). The first-order valence-electron chi connectivity index (χ1n) is 11.2. The molecule has 1 aliphatic heterocycles. The first-order valence-corrected chi connectivity index (χ1v) is 11.7. The molecule has 0 radical (unpaired) electrons. The molecule has 1 aliphatic rings. The number of aromatic nitrogens is 1. The lowest BCUT2D eigenvalue weighted by Crippen LogP contribution is -2.30. The second kappa shape index (κ2) is 9.55. The molecular formula is C26H28F4N2S. The maximum absolute atomic E-state index is 13.8. The largest absolute Gasteiger partial charge is 0.416 e. The van der Waals surface area contributed by atoms with Gasteiger partial charge in [0.1, 0.15) is 5.82 Å². The molecule has 0 aliphatic carbocycles. The first kappa shape index (κ1) is 23.9. The number of benzene rings is 2. The monoisotopic (exact) mass is 476 g/mol. The van der Waals surface area contributed by atoms with Crippen LogP contribution in [0.4, 0.5) is 17.6 Å². The minimum absolute atomic E-state index is 0.233. The van der Waals surface area contributed by atoms with Gasteiger partial charge in [-0.25, -0.2) is 4.39 Å². The van der Waals surface area contributed by atoms with Gasteiger partial charge in [-0.05, 0) is 61.2 Å². The summed E-state index contributed by atoms with van der Waals surface area (Å²) in [5, 5.41) is 0.827. The van der Waals surface area contributed by atoms with Crippen molar-refractivity contribution in [3.63, 3.8) is 0 Å². The molecule has 33 heavy (non-hydrogen) atoms. The van der Waals surface area contributed by atoms with Crippen molar-refractivity contribution in [2.45, 2.75) is 37.6 Å². The molecule has 3 aromatic rings. The number of rotatable bonds is 6. The quantitative estimate of drug-likeness (QED) is 0.296. The van der Waals surface area contributed by atoms with Crippen LogP contribution in [0.25, 0.3) is 16.5 Å². The standard InChI is InChI=1S/C26H28F4N2S/c1-3-22-25(21-8-7-20(27)16-23(21)31(22)2)17-9-12-32(13-10-17)14-11-24(33)18-5-4-6-19(15-18)26(28,29)30/h4-9,15-16,24,33H,3,10-14H2,1-2H3. The molecule has 0 saturated heterocycles. The fraction of sp³-hybridized carbons (Fsp3) is 0.385. The third-order valence-corrected chi connectivity index (χ3v) is 7.11. The summed E-state index contributed by atoms with van der Waals surface area (Å²) >= 11 is 4.57. The maximum atomic E-state index is 13.8. The second-order valence-electron chi connectivity index (χ2n) is 8.60. The van der Waals surface area contributed by atoms with Gasteiger partial charge < -0.3 is 4.57 Å². The Morgan fingerprint density at radius 3 is 2.58 bits per heavy atom. The summed E-state index contributed by atoms with van der Waals surface area (Å²) in [6.45, 7) is 4.52. The van der Waals surface area contributed by atoms with E-state index in [4.69, 9.17) is 0 Å². The lowest BCUT2D eigenvalue weighted by Gasteiger charge is -2.28. The molecule has 1 unspecified atom stereocenters. The predicted octanol–water partition coefficient (Wildman–Crippen LogP) is 7.05. The smallest absolute Gasteiger partial charge is 0.347 e. The van der Waals surface area contributed by atoms with Crippen molar-refractivity contribution in [2.75, 3.05) is 19.6 Å². The molecule has 0 fully saturated rings. The summed E-state index contributed by atoms with van der Waals surface area (Å²) in [4.78, 5) is 2.30. The van der Waals surface area contributed by atoms with Gasteiger partial charge in [-0.15, -0.1) is 0 Å². The Labute approximate surface area is 197 Å². The number of halogens is 4. The Kier molecular flexibility index (Phi) is 6.91. The maximum Gasteiger partial charge on any atom is 0.416 e. The molecular weight excluding hydrogens is 448 g/mol. The van der Waals surface area contributed by atoms with E-state index >= 15 is 0 Å². The number of nitrogens with zero attached hydrogens (tertiary/aromatic N) is 2. The van der Waals surface area contributed by atoms with E-state index in [1.165, 1.54) is 35.0 Å². The Balaban J connectivity index is 1.45. The van der Waals surface area contributed by atoms with Gasteiger partial charge >= 0.3 is 6.18 Å². The molecule has 0 saturated carbocycles. The lowest BCUT2D eigenvalue weighted by atomic mass is 9.95. The Bertz CT molecular complexity index is 1180. The number of thiol groups is 1. The van der Waals surface area contributed by atoms with Crippen LogP contribution < -0.4 is 0 Å². The summed E-state index contributed by atoms with van der Waals surface area (Å²) in [5.41, 5.74) is 4.56. The van der Waals surface area contributed by atoms with Gasteiger partial charge in [0.05, 0.1) is 11.1 Å². The van der Waals surface area contributed by atoms with Crippen molar-refractivity contribution in [3.05, 3.63) is 76.7 Å². The van der Waals surface area contributed by atoms with Crippen LogP contribution in [0.3, 0.4) is 0 Å². The SMILES string of the molecule is CCc1c(C2=CCN(CCC(S)c3cccc(C(F)(F)F)c3)CC2)c2ccc(F)cc2n1C. The van der Waals surface area contributed by atoms with Crippen LogP contribution in [0.5, 0.6) is 0 Å². The predicted molar refractivity (Wildman–Crippen MR) is 129 cm³/mol. The molecule has 0 bridgehead atoms. The molecule has 1 atom stereocenters. The average Bonchev–Trinajstić information content (AvgIpc) is 3.08. The van der Waals surface area contributed by atoms with Gasteiger partial charge in [0.2, 0.25) is 0 Å². The summed E-state index contributed by atoms with van der Waals surface area (Å²) in [6, 6.07) is 10.4. The van der Waals surface area contributed by atoms with E-state index in [2.05, 4.69) is 35.1 Å². The van der Waals surface area contributed by atoms with Gasteiger partial charge in [0.15, 0.2) is 0 Å². The van der Waals surface area contributed by atoms with Crippen molar-refractivity contribution in [2.24, 2.45) is 7.05 Å². The second-order valence-corrected chi connectivity index (χ2v) is 9.23. The normalized spacial score (nSPS) is 16.3. The average molecular weight is 477 g/mol. The van der Waals surface area contributed by atoms with Crippen molar-refractivity contribution in [1.29, 1.82) is 0 Å². The summed E-state index contributed by atoms with van der Waals surface area (Å²) < 4.78 is 54.9. The third-order valence-electron chi connectivity index (χ3n) is 6.55. The van der Waals surface area contributed by atoms with Gasteiger partial charge in [-0.3, -0.25) is 4.90 Å². The van der Waals surface area contributed by atoms with Crippen LogP contribution in [-0.2, 0) is 19.6 Å². The topological polar surface area (TPSA) is 8.17 Å². The molecule has 2 heterocycles. The zero-order valence-electron chi connectivity index (χ0n) is 18.8. The van der Waals surface area contributed by atoms with Crippen molar-refractivity contribution in [1.82, 2.24) is 9.47 Å². The van der Waals surface area contributed by atoms with Crippen LogP contribution >= 0.6 is 12.6 Å². The molecule has 2 aromatic carbocycles. The molecule has 2 nitrogen and oxygen atoms in total. The van der Waals surface area contributed by atoms with E-state index in [1.54, 1.807) is 12.1 Å². The van der Waals surface area contributed by atoms with E-state index in [9.17, 15) is 17.6 Å². The van der Waals surface area contributed by atoms with Crippen molar-refractivity contribution in [3.8, 4) is 0 Å². The number of hydrogen-bond acceptors (Lipinski definition) is 2. The van der Waals surface area contributed by atoms with Gasteiger partial charge in [0.25, 0.3) is 0 Å². The van der Waals surface area contributed by atoms with Crippen molar-refractivity contribution < 1.29 is 17.6 Å². The minimum atomic E-state index is -4.34. The van der Waals surface area contributed by atoms with Gasteiger partial charge in [-0.2, -0.15) is 25.8 Å². The summed E-state index contributed by atoms with van der Waals surface area (Å²) in [6.07, 6.45) is 0.300. The molecule has 0 spiro atoms. The molecule has 1 aromatic heterocycles. The van der Waals surface area contributed by atoms with Crippen molar-refractivity contribution >= 4 is 29.1 Å². The Morgan fingerprint density at radius 2 is 1.91 bits per heavy atom. The van der Waals surface area contributed by atoms with Crippen LogP contribution in [-0.4, -0.2) is 29.1 Å². The van der Waals surface area contributed by atoms with Crippen LogP contribution in [0, 0.1) is 5.82 Å². The third kappa shape index (κ3) is 4.99. The lowest BCUT2D eigenvalue weighted by molar-refractivity contribution is -0.137.